The quantitative estimate of drug-likeness (QED) is 0.679. The zero-order valence-electron chi connectivity index (χ0n) is 12.5. The number of hydrogen-bond acceptors (Lipinski definition) is 5. The minimum atomic E-state index is -0.476. The van der Waals surface area contributed by atoms with E-state index in [4.69, 9.17) is 0 Å². The predicted molar refractivity (Wildman–Crippen MR) is 83.6 cm³/mol. The zero-order chi connectivity index (χ0) is 16.2. The van der Waals surface area contributed by atoms with E-state index in [2.05, 4.69) is 10.3 Å². The molecule has 1 saturated heterocycles. The van der Waals surface area contributed by atoms with Crippen LogP contribution < -0.4 is 5.32 Å². The second kappa shape index (κ2) is 6.57. The van der Waals surface area contributed by atoms with Gasteiger partial charge in [0.15, 0.2) is 0 Å². The van der Waals surface area contributed by atoms with Gasteiger partial charge in [-0.05, 0) is 25.1 Å². The first-order valence-electron chi connectivity index (χ1n) is 7.43. The summed E-state index contributed by atoms with van der Waals surface area (Å²) in [5.74, 6) is -0.172. The van der Waals surface area contributed by atoms with Gasteiger partial charge in [0.25, 0.3) is 11.6 Å². The molecule has 8 nitrogen and oxygen atoms in total. The number of carbonyl (C=O) groups excluding carboxylic acids is 1. The van der Waals surface area contributed by atoms with Crippen molar-refractivity contribution >= 4 is 11.6 Å². The van der Waals surface area contributed by atoms with Crippen LogP contribution in [0.3, 0.4) is 0 Å². The van der Waals surface area contributed by atoms with Crippen molar-refractivity contribution in [1.82, 2.24) is 19.8 Å². The van der Waals surface area contributed by atoms with Gasteiger partial charge in [0, 0.05) is 43.7 Å². The summed E-state index contributed by atoms with van der Waals surface area (Å²) in [5, 5.41) is 14.6. The minimum absolute atomic E-state index is 0.109. The Morgan fingerprint density at radius 1 is 1.30 bits per heavy atom. The first-order valence-corrected chi connectivity index (χ1v) is 7.43. The van der Waals surface area contributed by atoms with E-state index in [9.17, 15) is 14.9 Å². The second-order valence-corrected chi connectivity index (χ2v) is 5.33. The number of imidazole rings is 1. The van der Waals surface area contributed by atoms with Gasteiger partial charge in [0.1, 0.15) is 5.69 Å². The SMILES string of the molecule is O=C(c1ccc(-n2ccnc2)c([N+](=O)[O-])c1)N1CCCNCC1. The Morgan fingerprint density at radius 3 is 2.91 bits per heavy atom. The highest BCUT2D eigenvalue weighted by atomic mass is 16.6. The van der Waals surface area contributed by atoms with Crippen molar-refractivity contribution in [3.05, 3.63) is 52.6 Å². The van der Waals surface area contributed by atoms with E-state index in [1.165, 1.54) is 12.4 Å². The summed E-state index contributed by atoms with van der Waals surface area (Å²) in [6, 6.07) is 4.56. The molecule has 1 N–H and O–H groups in total. The van der Waals surface area contributed by atoms with E-state index in [1.54, 1.807) is 34.0 Å². The second-order valence-electron chi connectivity index (χ2n) is 5.33. The van der Waals surface area contributed by atoms with E-state index in [1.807, 2.05) is 0 Å². The van der Waals surface area contributed by atoms with Gasteiger partial charge in [0.05, 0.1) is 11.3 Å². The summed E-state index contributed by atoms with van der Waals surface area (Å²) in [5.41, 5.74) is 0.617. The highest BCUT2D eigenvalue weighted by molar-refractivity contribution is 5.95. The highest BCUT2D eigenvalue weighted by Gasteiger charge is 2.22. The Bertz CT molecular complexity index is 706. The predicted octanol–water partition coefficient (Wildman–Crippen LogP) is 1.22. The van der Waals surface area contributed by atoms with E-state index in [-0.39, 0.29) is 11.6 Å². The van der Waals surface area contributed by atoms with Crippen molar-refractivity contribution in [3.63, 3.8) is 0 Å². The minimum Gasteiger partial charge on any atom is -0.337 e. The van der Waals surface area contributed by atoms with Crippen molar-refractivity contribution in [2.75, 3.05) is 26.2 Å². The smallest absolute Gasteiger partial charge is 0.294 e. The van der Waals surface area contributed by atoms with Crippen LogP contribution >= 0.6 is 0 Å². The van der Waals surface area contributed by atoms with Crippen LogP contribution in [0.5, 0.6) is 0 Å². The maximum Gasteiger partial charge on any atom is 0.294 e. The third-order valence-corrected chi connectivity index (χ3v) is 3.83. The van der Waals surface area contributed by atoms with Crippen LogP contribution in [-0.2, 0) is 0 Å². The molecule has 1 aliphatic rings. The fourth-order valence-corrected chi connectivity index (χ4v) is 2.65. The number of benzene rings is 1. The van der Waals surface area contributed by atoms with Gasteiger partial charge in [-0.2, -0.15) is 0 Å². The van der Waals surface area contributed by atoms with Crippen LogP contribution in [0.1, 0.15) is 16.8 Å². The highest BCUT2D eigenvalue weighted by Crippen LogP contribution is 2.25. The van der Waals surface area contributed by atoms with Gasteiger partial charge >= 0.3 is 0 Å². The van der Waals surface area contributed by atoms with E-state index < -0.39 is 4.92 Å². The van der Waals surface area contributed by atoms with Crippen molar-refractivity contribution in [3.8, 4) is 5.69 Å². The lowest BCUT2D eigenvalue weighted by molar-refractivity contribution is -0.384. The Kier molecular flexibility index (Phi) is 4.33. The van der Waals surface area contributed by atoms with Crippen LogP contribution in [0.2, 0.25) is 0 Å². The van der Waals surface area contributed by atoms with Crippen LogP contribution in [0.25, 0.3) is 5.69 Å². The van der Waals surface area contributed by atoms with Gasteiger partial charge in [-0.25, -0.2) is 4.98 Å². The Balaban J connectivity index is 1.93. The molecule has 1 aromatic carbocycles. The lowest BCUT2D eigenvalue weighted by Gasteiger charge is -2.20. The van der Waals surface area contributed by atoms with E-state index in [0.29, 0.717) is 24.3 Å². The first-order chi connectivity index (χ1) is 11.2. The fraction of sp³-hybridized carbons (Fsp3) is 0.333. The van der Waals surface area contributed by atoms with Crippen LogP contribution in [0.4, 0.5) is 5.69 Å². The lowest BCUT2D eigenvalue weighted by atomic mass is 10.1. The van der Waals surface area contributed by atoms with Crippen LogP contribution in [-0.4, -0.2) is 51.5 Å². The molecule has 0 radical (unpaired) electrons. The summed E-state index contributed by atoms with van der Waals surface area (Å²) in [7, 11) is 0. The zero-order valence-corrected chi connectivity index (χ0v) is 12.5. The molecule has 0 aliphatic carbocycles. The summed E-state index contributed by atoms with van der Waals surface area (Å²) >= 11 is 0. The number of nitro benzene ring substituents is 1. The average Bonchev–Trinajstić information content (AvgIpc) is 2.96. The molecule has 0 spiro atoms. The van der Waals surface area contributed by atoms with Crippen molar-refractivity contribution in [1.29, 1.82) is 0 Å². The molecule has 1 amide bonds. The standard InChI is InChI=1S/C15H17N5O3/c21-15(18-7-1-4-16-5-8-18)12-2-3-13(14(10-12)20(22)23)19-9-6-17-11-19/h2-3,6,9-11,16H,1,4-5,7-8H2. The number of nitrogens with one attached hydrogen (secondary N) is 1. The first kappa shape index (κ1) is 15.2. The Labute approximate surface area is 132 Å². The molecule has 3 rings (SSSR count). The van der Waals surface area contributed by atoms with Gasteiger partial charge < -0.3 is 14.8 Å². The average molecular weight is 315 g/mol. The largest absolute Gasteiger partial charge is 0.337 e. The van der Waals surface area contributed by atoms with Crippen molar-refractivity contribution in [2.45, 2.75) is 6.42 Å². The fourth-order valence-electron chi connectivity index (χ4n) is 2.65. The number of aromatic nitrogens is 2. The summed E-state index contributed by atoms with van der Waals surface area (Å²) in [6.07, 6.45) is 5.54. The van der Waals surface area contributed by atoms with Crippen molar-refractivity contribution < 1.29 is 9.72 Å². The molecule has 120 valence electrons. The number of carbonyl (C=O) groups is 1. The van der Waals surface area contributed by atoms with Crippen LogP contribution in [0.15, 0.2) is 36.9 Å². The molecule has 2 heterocycles. The number of hydrogen-bond donors (Lipinski definition) is 1. The lowest BCUT2D eigenvalue weighted by Crippen LogP contribution is -2.34. The molecule has 0 unspecified atom stereocenters. The van der Waals surface area contributed by atoms with Crippen molar-refractivity contribution in [2.24, 2.45) is 0 Å². The Hall–Kier alpha value is -2.74. The van der Waals surface area contributed by atoms with Gasteiger partial charge in [0.2, 0.25) is 0 Å². The maximum atomic E-state index is 12.6. The van der Waals surface area contributed by atoms with E-state index >= 15 is 0 Å². The number of nitro groups is 1. The van der Waals surface area contributed by atoms with Gasteiger partial charge in [-0.1, -0.05) is 0 Å². The molecule has 1 fully saturated rings. The monoisotopic (exact) mass is 315 g/mol. The molecule has 1 aromatic heterocycles. The normalized spacial score (nSPS) is 15.2. The third kappa shape index (κ3) is 3.21. The Morgan fingerprint density at radius 2 is 2.17 bits per heavy atom. The molecule has 2 aromatic rings. The summed E-state index contributed by atoms with van der Waals surface area (Å²) in [6.45, 7) is 2.88. The molecule has 0 atom stereocenters. The topological polar surface area (TPSA) is 93.3 Å². The molecule has 23 heavy (non-hydrogen) atoms. The molecule has 8 heteroatoms. The maximum absolute atomic E-state index is 12.6. The number of amides is 1. The third-order valence-electron chi connectivity index (χ3n) is 3.83. The summed E-state index contributed by atoms with van der Waals surface area (Å²) < 4.78 is 1.56. The number of rotatable bonds is 3. The van der Waals surface area contributed by atoms with Gasteiger partial charge in [-0.3, -0.25) is 14.9 Å². The molecule has 0 bridgehead atoms. The molecular weight excluding hydrogens is 298 g/mol. The van der Waals surface area contributed by atoms with Gasteiger partial charge in [-0.15, -0.1) is 0 Å². The summed E-state index contributed by atoms with van der Waals surface area (Å²) in [4.78, 5) is 29.1. The molecular formula is C15H17N5O3. The number of nitrogens with zero attached hydrogens (tertiary/aromatic N) is 4. The molecule has 0 saturated carbocycles. The molecule has 1 aliphatic heterocycles. The van der Waals surface area contributed by atoms with E-state index in [0.717, 1.165) is 19.5 Å². The van der Waals surface area contributed by atoms with Crippen LogP contribution in [0, 0.1) is 10.1 Å².